The number of rotatable bonds is 5. The molecule has 0 radical (unpaired) electrons. The van der Waals surface area contributed by atoms with Gasteiger partial charge in [-0.25, -0.2) is 9.78 Å². The van der Waals surface area contributed by atoms with Crippen molar-refractivity contribution >= 4 is 25.9 Å². The van der Waals surface area contributed by atoms with Crippen molar-refractivity contribution < 1.29 is 19.3 Å². The summed E-state index contributed by atoms with van der Waals surface area (Å²) in [5, 5.41) is 20.3. The van der Waals surface area contributed by atoms with Crippen LogP contribution >= 0.6 is 0 Å². The smallest absolute Gasteiger partial charge is 0.407 e. The number of amides is 1. The first kappa shape index (κ1) is 21.1. The highest BCUT2D eigenvalue weighted by molar-refractivity contribution is 6.74. The summed E-state index contributed by atoms with van der Waals surface area (Å²) in [5.74, 6) is 0.575. The van der Waals surface area contributed by atoms with Crippen LogP contribution in [0.5, 0.6) is 0 Å². The van der Waals surface area contributed by atoms with E-state index in [-0.39, 0.29) is 22.9 Å². The number of anilines is 1. The lowest BCUT2D eigenvalue weighted by atomic mass is 10.2. The molecule has 27 heavy (non-hydrogen) atoms. The van der Waals surface area contributed by atoms with Crippen LogP contribution in [0.3, 0.4) is 0 Å². The lowest BCUT2D eigenvalue weighted by Crippen LogP contribution is -2.51. The molecule has 1 fully saturated rings. The van der Waals surface area contributed by atoms with E-state index in [1.165, 1.54) is 17.2 Å². The Morgan fingerprint density at radius 1 is 1.41 bits per heavy atom. The van der Waals surface area contributed by atoms with Crippen LogP contribution in [0.15, 0.2) is 18.3 Å². The highest BCUT2D eigenvalue weighted by atomic mass is 28.4. The summed E-state index contributed by atoms with van der Waals surface area (Å²) >= 11 is 0. The number of pyridine rings is 1. The number of likely N-dealkylation sites (N-methyl/N-ethyl adjacent to an activating group) is 1. The number of carbonyl (C=O) groups is 1. The van der Waals surface area contributed by atoms with Gasteiger partial charge in [0, 0.05) is 26.2 Å². The van der Waals surface area contributed by atoms with Crippen LogP contribution in [0, 0.1) is 10.1 Å². The van der Waals surface area contributed by atoms with E-state index in [1.807, 2.05) is 4.90 Å². The highest BCUT2D eigenvalue weighted by Crippen LogP contribution is 2.39. The molecule has 2 rings (SSSR count). The molecule has 1 saturated heterocycles. The van der Waals surface area contributed by atoms with Crippen LogP contribution in [0.25, 0.3) is 0 Å². The highest BCUT2D eigenvalue weighted by Gasteiger charge is 2.45. The average molecular weight is 397 g/mol. The molecule has 0 aromatic carbocycles. The zero-order chi connectivity index (χ0) is 20.6. The third-order valence-electron chi connectivity index (χ3n) is 5.56. The molecular formula is C17H28N4O5Si. The third kappa shape index (κ3) is 4.56. The van der Waals surface area contributed by atoms with Crippen molar-refractivity contribution in [3.63, 3.8) is 0 Å². The molecule has 0 bridgehead atoms. The van der Waals surface area contributed by atoms with Crippen molar-refractivity contribution in [1.29, 1.82) is 0 Å². The first-order valence-corrected chi connectivity index (χ1v) is 11.7. The molecule has 1 aromatic rings. The maximum absolute atomic E-state index is 11.5. The summed E-state index contributed by atoms with van der Waals surface area (Å²) in [4.78, 5) is 29.2. The maximum Gasteiger partial charge on any atom is 0.407 e. The molecule has 1 amide bonds. The molecule has 2 heterocycles. The number of aromatic nitrogens is 1. The number of hydrogen-bond acceptors (Lipinski definition) is 6. The van der Waals surface area contributed by atoms with Gasteiger partial charge in [-0.2, -0.15) is 0 Å². The molecule has 0 spiro atoms. The molecule has 2 atom stereocenters. The number of nitro groups is 1. The SMILES string of the molecule is CN(C(=O)O)[C@@H]1CN(c2ccc([N+](=O)[O-])cn2)C[C@H]1O[Si](C)(C)C(C)(C)C. The van der Waals surface area contributed by atoms with Crippen LogP contribution in [0.1, 0.15) is 20.8 Å². The molecule has 0 unspecified atom stereocenters. The second-order valence-electron chi connectivity index (χ2n) is 8.41. The average Bonchev–Trinajstić information content (AvgIpc) is 2.96. The fraction of sp³-hybridized carbons (Fsp3) is 0.647. The number of carboxylic acid groups (broad SMARTS) is 1. The van der Waals surface area contributed by atoms with Gasteiger partial charge >= 0.3 is 6.09 Å². The van der Waals surface area contributed by atoms with E-state index in [0.29, 0.717) is 18.9 Å². The number of hydrogen-bond donors (Lipinski definition) is 1. The Bertz CT molecular complexity index is 704. The first-order chi connectivity index (χ1) is 12.3. The molecule has 0 saturated carbocycles. The Morgan fingerprint density at radius 2 is 2.04 bits per heavy atom. The van der Waals surface area contributed by atoms with Gasteiger partial charge in [0.05, 0.1) is 17.1 Å². The summed E-state index contributed by atoms with van der Waals surface area (Å²) in [6, 6.07) is 2.65. The molecule has 1 aromatic heterocycles. The molecule has 9 nitrogen and oxygen atoms in total. The summed E-state index contributed by atoms with van der Waals surface area (Å²) in [6.07, 6.45) is -0.0841. The largest absolute Gasteiger partial charge is 0.465 e. The predicted octanol–water partition coefficient (Wildman–Crippen LogP) is 3.18. The van der Waals surface area contributed by atoms with Crippen molar-refractivity contribution in [2.24, 2.45) is 0 Å². The van der Waals surface area contributed by atoms with Crippen molar-refractivity contribution in [3.05, 3.63) is 28.4 Å². The number of nitrogens with zero attached hydrogens (tertiary/aromatic N) is 4. The standard InChI is InChI=1S/C17H28N4O5Si/c1-17(2,3)27(5,6)26-14-11-20(10-13(14)19(4)16(22)23)15-8-7-12(9-18-15)21(24)25/h7-9,13-14H,10-11H2,1-6H3,(H,22,23)/t13-,14-/m1/s1. The normalized spacial score (nSPS) is 20.6. The monoisotopic (exact) mass is 396 g/mol. The topological polar surface area (TPSA) is 109 Å². The Morgan fingerprint density at radius 3 is 2.48 bits per heavy atom. The minimum atomic E-state index is -2.10. The quantitative estimate of drug-likeness (QED) is 0.462. The van der Waals surface area contributed by atoms with Crippen molar-refractivity contribution in [2.45, 2.75) is 51.0 Å². The zero-order valence-corrected chi connectivity index (χ0v) is 17.7. The van der Waals surface area contributed by atoms with Gasteiger partial charge in [0.25, 0.3) is 5.69 Å². The molecular weight excluding hydrogens is 368 g/mol. The molecule has 150 valence electrons. The molecule has 10 heteroatoms. The summed E-state index contributed by atoms with van der Waals surface area (Å²) in [7, 11) is -0.559. The van der Waals surface area contributed by atoms with Crippen LogP contribution in [0.4, 0.5) is 16.3 Å². The third-order valence-corrected chi connectivity index (χ3v) is 10.1. The molecule has 0 aliphatic carbocycles. The van der Waals surface area contributed by atoms with Gasteiger partial charge in [-0.05, 0) is 24.2 Å². The predicted molar refractivity (Wildman–Crippen MR) is 105 cm³/mol. The molecule has 1 aliphatic heterocycles. The summed E-state index contributed by atoms with van der Waals surface area (Å²) < 4.78 is 6.52. The van der Waals surface area contributed by atoms with Crippen LogP contribution in [0.2, 0.25) is 18.1 Å². The molecule has 1 aliphatic rings. The van der Waals surface area contributed by atoms with Gasteiger partial charge in [0.15, 0.2) is 8.32 Å². The van der Waals surface area contributed by atoms with Crippen molar-refractivity contribution in [3.8, 4) is 0 Å². The minimum Gasteiger partial charge on any atom is -0.465 e. The van der Waals surface area contributed by atoms with E-state index in [1.54, 1.807) is 13.1 Å². The van der Waals surface area contributed by atoms with Crippen LogP contribution in [-0.2, 0) is 4.43 Å². The lowest BCUT2D eigenvalue weighted by molar-refractivity contribution is -0.385. The van der Waals surface area contributed by atoms with Gasteiger partial charge in [-0.1, -0.05) is 20.8 Å². The van der Waals surface area contributed by atoms with Gasteiger partial charge in [0.2, 0.25) is 0 Å². The maximum atomic E-state index is 11.5. The lowest BCUT2D eigenvalue weighted by Gasteiger charge is -2.40. The van der Waals surface area contributed by atoms with E-state index < -0.39 is 19.3 Å². The van der Waals surface area contributed by atoms with Gasteiger partial charge in [-0.3, -0.25) is 10.1 Å². The Balaban J connectivity index is 2.26. The van der Waals surface area contributed by atoms with E-state index in [0.717, 1.165) is 0 Å². The summed E-state index contributed by atoms with van der Waals surface area (Å²) in [5.41, 5.74) is -0.0776. The Hall–Kier alpha value is -2.20. The Labute approximate surface area is 160 Å². The second-order valence-corrected chi connectivity index (χ2v) is 13.2. The molecule has 1 N–H and O–H groups in total. The van der Waals surface area contributed by atoms with Gasteiger partial charge in [-0.15, -0.1) is 0 Å². The van der Waals surface area contributed by atoms with Crippen molar-refractivity contribution in [2.75, 3.05) is 25.0 Å². The minimum absolute atomic E-state index is 0.00161. The van der Waals surface area contributed by atoms with Crippen molar-refractivity contribution in [1.82, 2.24) is 9.88 Å². The second kappa shape index (κ2) is 7.43. The fourth-order valence-electron chi connectivity index (χ4n) is 2.80. The fourth-order valence-corrected chi connectivity index (χ4v) is 4.14. The van der Waals surface area contributed by atoms with E-state index in [4.69, 9.17) is 4.43 Å². The van der Waals surface area contributed by atoms with Gasteiger partial charge in [0.1, 0.15) is 12.0 Å². The van der Waals surface area contributed by atoms with Crippen LogP contribution in [-0.4, -0.2) is 66.6 Å². The van der Waals surface area contributed by atoms with E-state index in [2.05, 4.69) is 38.8 Å². The van der Waals surface area contributed by atoms with E-state index >= 15 is 0 Å². The van der Waals surface area contributed by atoms with Crippen LogP contribution < -0.4 is 4.90 Å². The summed E-state index contributed by atoms with van der Waals surface area (Å²) in [6.45, 7) is 11.6. The first-order valence-electron chi connectivity index (χ1n) is 8.82. The zero-order valence-electron chi connectivity index (χ0n) is 16.7. The van der Waals surface area contributed by atoms with E-state index in [9.17, 15) is 20.0 Å². The Kier molecular flexibility index (Phi) is 5.81. The van der Waals surface area contributed by atoms with Gasteiger partial charge < -0.3 is 19.3 Å².